The van der Waals surface area contributed by atoms with Crippen molar-refractivity contribution in [2.45, 2.75) is 36.9 Å². The summed E-state index contributed by atoms with van der Waals surface area (Å²) in [6.07, 6.45) is -3.15. The standard InChI is InChI=1S/C29H31ClF3N5O4S/c1-18-10-11-19-6-3-4-9-24(19)36-28(37-25-15-21(42-2)12-13-23(25)30)27(18)38-43(40,41)22-8-5-7-20(14-22)35-26(39)16-34-17-29(31,32)33/h3-9,12-15,18,27,34,38H,10-11,16-17H2,1-2H3,(H,35,39)(H,36,37). The number of aryl methyl sites for hydroxylation is 1. The Hall–Kier alpha value is -3.65. The van der Waals surface area contributed by atoms with Crippen molar-refractivity contribution < 1.29 is 31.1 Å². The number of amides is 1. The smallest absolute Gasteiger partial charge is 0.401 e. The molecule has 1 amide bonds. The lowest BCUT2D eigenvalue weighted by atomic mass is 9.91. The van der Waals surface area contributed by atoms with E-state index in [1.807, 2.05) is 36.5 Å². The molecule has 14 heteroatoms. The molecule has 0 saturated heterocycles. The maximum Gasteiger partial charge on any atom is 0.401 e. The van der Waals surface area contributed by atoms with Gasteiger partial charge < -0.3 is 20.7 Å². The molecule has 2 unspecified atom stereocenters. The SMILES string of the molecule is COc1ccc(Cl)c(NC2=Nc3ccccc3CCC(C)C2NS(=O)(=O)c2cccc(NC(=O)CNCC(F)(F)F)c2)c1. The van der Waals surface area contributed by atoms with Gasteiger partial charge in [-0.05, 0) is 60.7 Å². The number of rotatable bonds is 9. The Morgan fingerprint density at radius 2 is 1.86 bits per heavy atom. The third-order valence-electron chi connectivity index (χ3n) is 6.72. The van der Waals surface area contributed by atoms with Gasteiger partial charge in [-0.15, -0.1) is 0 Å². The molecular weight excluding hydrogens is 607 g/mol. The number of halogens is 4. The molecule has 3 aromatic rings. The van der Waals surface area contributed by atoms with E-state index in [0.29, 0.717) is 40.8 Å². The van der Waals surface area contributed by atoms with Gasteiger partial charge in [-0.2, -0.15) is 13.2 Å². The number of sulfonamides is 1. The topological polar surface area (TPSA) is 121 Å². The Bertz CT molecular complexity index is 1600. The van der Waals surface area contributed by atoms with Crippen molar-refractivity contribution in [2.75, 3.05) is 30.8 Å². The Balaban J connectivity index is 1.62. The summed E-state index contributed by atoms with van der Waals surface area (Å²) in [4.78, 5) is 16.8. The number of nitrogens with zero attached hydrogens (tertiary/aromatic N) is 1. The Kier molecular flexibility index (Phi) is 10.3. The average molecular weight is 638 g/mol. The second kappa shape index (κ2) is 13.8. The lowest BCUT2D eigenvalue weighted by Gasteiger charge is -2.29. The van der Waals surface area contributed by atoms with Crippen LogP contribution in [0.5, 0.6) is 5.75 Å². The second-order valence-corrected chi connectivity index (χ2v) is 12.1. The van der Waals surface area contributed by atoms with Crippen molar-refractivity contribution >= 4 is 50.4 Å². The molecule has 0 saturated carbocycles. The highest BCUT2D eigenvalue weighted by molar-refractivity contribution is 7.89. The normalized spacial score (nSPS) is 17.2. The van der Waals surface area contributed by atoms with Gasteiger partial charge in [0.25, 0.3) is 0 Å². The van der Waals surface area contributed by atoms with Crippen LogP contribution in [-0.2, 0) is 21.2 Å². The second-order valence-electron chi connectivity index (χ2n) is 10.0. The summed E-state index contributed by atoms with van der Waals surface area (Å²) in [5.74, 6) is -0.121. The van der Waals surface area contributed by atoms with Crippen LogP contribution in [0.25, 0.3) is 0 Å². The molecule has 0 fully saturated rings. The minimum atomic E-state index is -4.47. The van der Waals surface area contributed by atoms with E-state index in [0.717, 1.165) is 5.56 Å². The maximum absolute atomic E-state index is 13.7. The number of para-hydroxylation sites is 1. The van der Waals surface area contributed by atoms with Gasteiger partial charge in [-0.1, -0.05) is 42.8 Å². The number of hydrogen-bond donors (Lipinski definition) is 4. The van der Waals surface area contributed by atoms with Crippen molar-refractivity contribution in [3.8, 4) is 5.75 Å². The van der Waals surface area contributed by atoms with Gasteiger partial charge in [0.15, 0.2) is 0 Å². The van der Waals surface area contributed by atoms with Crippen LogP contribution in [0.2, 0.25) is 5.02 Å². The average Bonchev–Trinajstić information content (AvgIpc) is 2.95. The Morgan fingerprint density at radius 3 is 2.60 bits per heavy atom. The molecule has 0 aliphatic carbocycles. The molecule has 0 spiro atoms. The zero-order valence-corrected chi connectivity index (χ0v) is 24.9. The molecule has 1 aliphatic rings. The van der Waals surface area contributed by atoms with Crippen LogP contribution in [0.1, 0.15) is 18.9 Å². The quantitative estimate of drug-likeness (QED) is 0.246. The molecule has 4 rings (SSSR count). The van der Waals surface area contributed by atoms with E-state index in [2.05, 4.69) is 15.4 Å². The molecule has 4 N–H and O–H groups in total. The zero-order valence-electron chi connectivity index (χ0n) is 23.3. The molecule has 1 heterocycles. The van der Waals surface area contributed by atoms with Gasteiger partial charge in [0.1, 0.15) is 11.6 Å². The van der Waals surface area contributed by atoms with E-state index >= 15 is 0 Å². The van der Waals surface area contributed by atoms with Gasteiger partial charge in [0.2, 0.25) is 15.9 Å². The lowest BCUT2D eigenvalue weighted by Crippen LogP contribution is -2.48. The first-order chi connectivity index (χ1) is 20.3. The maximum atomic E-state index is 13.7. The van der Waals surface area contributed by atoms with Gasteiger partial charge in [-0.3, -0.25) is 4.79 Å². The first-order valence-electron chi connectivity index (χ1n) is 13.3. The van der Waals surface area contributed by atoms with Crippen LogP contribution in [0.15, 0.2) is 76.6 Å². The van der Waals surface area contributed by atoms with Crippen LogP contribution < -0.4 is 25.4 Å². The van der Waals surface area contributed by atoms with E-state index in [-0.39, 0.29) is 16.5 Å². The fraction of sp³-hybridized carbons (Fsp3) is 0.310. The van der Waals surface area contributed by atoms with Gasteiger partial charge in [-0.25, -0.2) is 18.1 Å². The number of benzene rings is 3. The van der Waals surface area contributed by atoms with E-state index < -0.39 is 41.2 Å². The number of alkyl halides is 3. The van der Waals surface area contributed by atoms with E-state index in [9.17, 15) is 26.4 Å². The first kappa shape index (κ1) is 32.3. The fourth-order valence-corrected chi connectivity index (χ4v) is 6.01. The number of fused-ring (bicyclic) bond motifs is 1. The molecule has 3 aromatic carbocycles. The molecule has 1 aliphatic heterocycles. The number of carbonyl (C=O) groups excluding carboxylic acids is 1. The summed E-state index contributed by atoms with van der Waals surface area (Å²) in [5.41, 5.74) is 2.28. The van der Waals surface area contributed by atoms with Crippen LogP contribution in [0.4, 0.5) is 30.2 Å². The summed E-state index contributed by atoms with van der Waals surface area (Å²) in [7, 11) is -2.67. The van der Waals surface area contributed by atoms with Crippen LogP contribution in [0, 0.1) is 5.92 Å². The number of carbonyl (C=O) groups is 1. The highest BCUT2D eigenvalue weighted by Crippen LogP contribution is 2.31. The van der Waals surface area contributed by atoms with Gasteiger partial charge in [0.05, 0.1) is 47.5 Å². The van der Waals surface area contributed by atoms with Gasteiger partial charge in [0, 0.05) is 11.8 Å². The summed E-state index contributed by atoms with van der Waals surface area (Å²) >= 11 is 6.47. The molecule has 0 aromatic heterocycles. The van der Waals surface area contributed by atoms with E-state index in [1.165, 1.54) is 31.4 Å². The number of amidine groups is 1. The van der Waals surface area contributed by atoms with Crippen molar-refractivity contribution in [2.24, 2.45) is 10.9 Å². The predicted molar refractivity (Wildman–Crippen MR) is 161 cm³/mol. The molecule has 0 bridgehead atoms. The van der Waals surface area contributed by atoms with Crippen LogP contribution in [-0.4, -0.2) is 52.6 Å². The summed E-state index contributed by atoms with van der Waals surface area (Å²) in [5, 5.41) is 8.01. The van der Waals surface area contributed by atoms with Crippen LogP contribution >= 0.6 is 11.6 Å². The molecule has 230 valence electrons. The fourth-order valence-electron chi connectivity index (χ4n) is 4.49. The highest BCUT2D eigenvalue weighted by atomic mass is 35.5. The molecular formula is C29H31ClF3N5O4S. The van der Waals surface area contributed by atoms with E-state index in [1.54, 1.807) is 18.2 Å². The summed E-state index contributed by atoms with van der Waals surface area (Å²) < 4.78 is 72.6. The third kappa shape index (κ3) is 8.92. The first-order valence-corrected chi connectivity index (χ1v) is 15.2. The zero-order chi connectivity index (χ0) is 31.2. The molecule has 43 heavy (non-hydrogen) atoms. The number of hydrogen-bond acceptors (Lipinski definition) is 7. The van der Waals surface area contributed by atoms with Gasteiger partial charge >= 0.3 is 6.18 Å². The summed E-state index contributed by atoms with van der Waals surface area (Å²) in [6.45, 7) is -0.0219. The third-order valence-corrected chi connectivity index (χ3v) is 8.49. The molecule has 9 nitrogen and oxygen atoms in total. The highest BCUT2D eigenvalue weighted by Gasteiger charge is 2.31. The largest absolute Gasteiger partial charge is 0.497 e. The number of ether oxygens (including phenoxy) is 1. The van der Waals surface area contributed by atoms with E-state index in [4.69, 9.17) is 21.3 Å². The molecule has 0 radical (unpaired) electrons. The van der Waals surface area contributed by atoms with Crippen LogP contribution in [0.3, 0.4) is 0 Å². The van der Waals surface area contributed by atoms with Crippen molar-refractivity contribution in [1.82, 2.24) is 10.0 Å². The van der Waals surface area contributed by atoms with Crippen molar-refractivity contribution in [3.63, 3.8) is 0 Å². The Morgan fingerprint density at radius 1 is 1.09 bits per heavy atom. The number of anilines is 2. The Labute approximate surface area is 252 Å². The predicted octanol–water partition coefficient (Wildman–Crippen LogP) is 5.51. The minimum Gasteiger partial charge on any atom is -0.497 e. The minimum absolute atomic E-state index is 0.108. The number of methoxy groups -OCH3 is 1. The number of nitrogens with one attached hydrogen (secondary N) is 4. The van der Waals surface area contributed by atoms with Crippen molar-refractivity contribution in [3.05, 3.63) is 77.3 Å². The molecule has 2 atom stereocenters. The summed E-state index contributed by atoms with van der Waals surface area (Å²) in [6, 6.07) is 17.3. The van der Waals surface area contributed by atoms with Crippen molar-refractivity contribution in [1.29, 1.82) is 0 Å². The number of aliphatic imine (C=N–C) groups is 1. The lowest BCUT2D eigenvalue weighted by molar-refractivity contribution is -0.127. The monoisotopic (exact) mass is 637 g/mol.